The summed E-state index contributed by atoms with van der Waals surface area (Å²) in [4.78, 5) is 31.5. The largest absolute Gasteiger partial charge is 0.459 e. The van der Waals surface area contributed by atoms with Gasteiger partial charge in [0.2, 0.25) is 5.91 Å². The van der Waals surface area contributed by atoms with Crippen molar-refractivity contribution in [2.24, 2.45) is 0 Å². The van der Waals surface area contributed by atoms with E-state index in [4.69, 9.17) is 4.42 Å². The highest BCUT2D eigenvalue weighted by molar-refractivity contribution is 5.91. The third kappa shape index (κ3) is 4.24. The highest BCUT2D eigenvalue weighted by Gasteiger charge is 2.22. The van der Waals surface area contributed by atoms with E-state index in [0.29, 0.717) is 5.82 Å². The van der Waals surface area contributed by atoms with Gasteiger partial charge in [-0.05, 0) is 37.6 Å². The summed E-state index contributed by atoms with van der Waals surface area (Å²) < 4.78 is 7.04. The van der Waals surface area contributed by atoms with Crippen LogP contribution in [0.4, 0.5) is 0 Å². The molecule has 28 heavy (non-hydrogen) atoms. The molecule has 1 atom stereocenters. The van der Waals surface area contributed by atoms with Crippen molar-refractivity contribution in [1.82, 2.24) is 19.8 Å². The Hall–Kier alpha value is -3.09. The Balaban J connectivity index is 1.86. The third-order valence-corrected chi connectivity index (χ3v) is 4.73. The smallest absolute Gasteiger partial charge is 0.287 e. The van der Waals surface area contributed by atoms with Crippen molar-refractivity contribution >= 4 is 22.8 Å². The highest BCUT2D eigenvalue weighted by Crippen LogP contribution is 2.21. The molecule has 0 saturated heterocycles. The van der Waals surface area contributed by atoms with Crippen molar-refractivity contribution in [2.45, 2.75) is 39.3 Å². The number of nitrogens with zero attached hydrogens (tertiary/aromatic N) is 3. The Morgan fingerprint density at radius 3 is 2.75 bits per heavy atom. The summed E-state index contributed by atoms with van der Waals surface area (Å²) in [6, 6.07) is 10.6. The van der Waals surface area contributed by atoms with Crippen LogP contribution in [0.25, 0.3) is 11.0 Å². The molecule has 148 valence electrons. The van der Waals surface area contributed by atoms with E-state index in [1.165, 1.54) is 6.26 Å². The number of carbonyl (C=O) groups is 2. The fourth-order valence-electron chi connectivity index (χ4n) is 3.11. The van der Waals surface area contributed by atoms with E-state index in [1.54, 1.807) is 17.0 Å². The normalized spacial score (nSPS) is 12.1. The fraction of sp³-hybridized carbons (Fsp3) is 0.381. The number of likely N-dealkylation sites (N-methyl/N-ethyl adjacent to an activating group) is 1. The molecule has 3 aromatic rings. The van der Waals surface area contributed by atoms with Gasteiger partial charge in [0.25, 0.3) is 5.91 Å². The molecule has 1 aromatic carbocycles. The maximum atomic E-state index is 12.7. The Kier molecular flexibility index (Phi) is 6.13. The third-order valence-electron chi connectivity index (χ3n) is 4.73. The monoisotopic (exact) mass is 382 g/mol. The van der Waals surface area contributed by atoms with Gasteiger partial charge >= 0.3 is 0 Å². The molecule has 1 N–H and O–H groups in total. The molecule has 0 radical (unpaired) electrons. The number of hydrogen-bond acceptors (Lipinski definition) is 4. The Bertz CT molecular complexity index is 946. The predicted molar refractivity (Wildman–Crippen MR) is 107 cm³/mol. The van der Waals surface area contributed by atoms with Gasteiger partial charge in [-0.1, -0.05) is 25.5 Å². The summed E-state index contributed by atoms with van der Waals surface area (Å²) in [5.74, 6) is 0.577. The van der Waals surface area contributed by atoms with Crippen molar-refractivity contribution in [2.75, 3.05) is 13.6 Å². The Labute approximate surface area is 164 Å². The fourth-order valence-corrected chi connectivity index (χ4v) is 3.11. The molecule has 0 aliphatic carbocycles. The van der Waals surface area contributed by atoms with Gasteiger partial charge in [0.15, 0.2) is 5.76 Å². The quantitative estimate of drug-likeness (QED) is 0.648. The lowest BCUT2D eigenvalue weighted by molar-refractivity contribution is -0.130. The van der Waals surface area contributed by atoms with Crippen LogP contribution in [0.2, 0.25) is 0 Å². The van der Waals surface area contributed by atoms with Crippen LogP contribution in [0.1, 0.15) is 49.1 Å². The van der Waals surface area contributed by atoms with Crippen LogP contribution in [0, 0.1) is 0 Å². The number of hydrogen-bond donors (Lipinski definition) is 1. The van der Waals surface area contributed by atoms with Gasteiger partial charge in [0, 0.05) is 13.6 Å². The van der Waals surface area contributed by atoms with E-state index in [9.17, 15) is 9.59 Å². The summed E-state index contributed by atoms with van der Waals surface area (Å²) in [6.45, 7) is 4.85. The van der Waals surface area contributed by atoms with Crippen molar-refractivity contribution in [3.05, 3.63) is 54.2 Å². The Morgan fingerprint density at radius 1 is 1.25 bits per heavy atom. The lowest BCUT2D eigenvalue weighted by Gasteiger charge is -2.20. The van der Waals surface area contributed by atoms with Crippen molar-refractivity contribution < 1.29 is 14.0 Å². The van der Waals surface area contributed by atoms with Gasteiger partial charge < -0.3 is 19.2 Å². The number of fused-ring (bicyclic) bond motifs is 1. The van der Waals surface area contributed by atoms with Crippen molar-refractivity contribution in [1.29, 1.82) is 0 Å². The van der Waals surface area contributed by atoms with Gasteiger partial charge in [0.05, 0.1) is 23.3 Å². The minimum absolute atomic E-state index is 0.0161. The molecule has 0 aliphatic heterocycles. The number of unbranched alkanes of at least 4 members (excludes halogenated alkanes) is 1. The van der Waals surface area contributed by atoms with Gasteiger partial charge in [-0.25, -0.2) is 4.98 Å². The number of amides is 2. The van der Waals surface area contributed by atoms with Crippen LogP contribution < -0.4 is 5.32 Å². The zero-order valence-corrected chi connectivity index (χ0v) is 16.5. The summed E-state index contributed by atoms with van der Waals surface area (Å²) in [6.07, 6.45) is 3.46. The van der Waals surface area contributed by atoms with Crippen LogP contribution in [-0.2, 0) is 11.3 Å². The second-order valence-corrected chi connectivity index (χ2v) is 6.89. The first-order chi connectivity index (χ1) is 13.5. The second-order valence-electron chi connectivity index (χ2n) is 6.89. The first kappa shape index (κ1) is 19.7. The van der Waals surface area contributed by atoms with E-state index in [0.717, 1.165) is 30.4 Å². The first-order valence-corrected chi connectivity index (χ1v) is 9.54. The molecule has 0 spiro atoms. The lowest BCUT2D eigenvalue weighted by atomic mass is 10.2. The van der Waals surface area contributed by atoms with E-state index in [1.807, 2.05) is 42.8 Å². The number of nitrogens with one attached hydrogen (secondary N) is 1. The molecule has 7 heteroatoms. The Morgan fingerprint density at radius 2 is 2.04 bits per heavy atom. The summed E-state index contributed by atoms with van der Waals surface area (Å²) in [5.41, 5.74) is 1.66. The number of aromatic nitrogens is 2. The molecule has 3 rings (SSSR count). The van der Waals surface area contributed by atoms with Crippen LogP contribution in [0.3, 0.4) is 0 Å². The van der Waals surface area contributed by atoms with Crippen LogP contribution >= 0.6 is 0 Å². The van der Waals surface area contributed by atoms with E-state index >= 15 is 0 Å². The van der Waals surface area contributed by atoms with Gasteiger partial charge in [-0.15, -0.1) is 0 Å². The summed E-state index contributed by atoms with van der Waals surface area (Å²) in [7, 11) is 1.82. The number of imidazole rings is 1. The molecule has 0 aliphatic rings. The highest BCUT2D eigenvalue weighted by atomic mass is 16.3. The average molecular weight is 382 g/mol. The lowest BCUT2D eigenvalue weighted by Crippen LogP contribution is -2.33. The number of carbonyl (C=O) groups excluding carboxylic acids is 2. The van der Waals surface area contributed by atoms with Crippen LogP contribution in [0.15, 0.2) is 47.1 Å². The van der Waals surface area contributed by atoms with Crippen LogP contribution in [-0.4, -0.2) is 39.9 Å². The molecule has 2 amide bonds. The molecule has 7 nitrogen and oxygen atoms in total. The van der Waals surface area contributed by atoms with E-state index in [-0.39, 0.29) is 24.1 Å². The molecule has 0 fully saturated rings. The van der Waals surface area contributed by atoms with Crippen molar-refractivity contribution in [3.8, 4) is 0 Å². The molecule has 0 saturated carbocycles. The molecule has 0 bridgehead atoms. The SMILES string of the molecule is CCCCN(C)C(=O)Cn1c([C@H](C)NC(=O)c2ccco2)nc2ccccc21. The number of furan rings is 1. The zero-order valence-electron chi connectivity index (χ0n) is 16.5. The first-order valence-electron chi connectivity index (χ1n) is 9.54. The molecular weight excluding hydrogens is 356 g/mol. The maximum Gasteiger partial charge on any atom is 0.287 e. The van der Waals surface area contributed by atoms with Gasteiger partial charge in [-0.3, -0.25) is 9.59 Å². The average Bonchev–Trinajstić information content (AvgIpc) is 3.34. The molecule has 0 unspecified atom stereocenters. The topological polar surface area (TPSA) is 80.4 Å². The van der Waals surface area contributed by atoms with Gasteiger partial charge in [-0.2, -0.15) is 0 Å². The zero-order chi connectivity index (χ0) is 20.1. The van der Waals surface area contributed by atoms with Gasteiger partial charge in [0.1, 0.15) is 12.4 Å². The second kappa shape index (κ2) is 8.73. The number of rotatable bonds is 8. The molecular formula is C21H26N4O3. The predicted octanol–water partition coefficient (Wildman–Crippen LogP) is 3.38. The minimum Gasteiger partial charge on any atom is -0.459 e. The standard InChI is InChI=1S/C21H26N4O3/c1-4-5-12-24(3)19(26)14-25-17-10-7-6-9-16(17)23-20(25)15(2)22-21(27)18-11-8-13-28-18/h6-11,13,15H,4-5,12,14H2,1-3H3,(H,22,27)/t15-/m0/s1. The van der Waals surface area contributed by atoms with E-state index < -0.39 is 6.04 Å². The maximum absolute atomic E-state index is 12.7. The summed E-state index contributed by atoms with van der Waals surface area (Å²) in [5, 5.41) is 2.90. The molecule has 2 heterocycles. The summed E-state index contributed by atoms with van der Waals surface area (Å²) >= 11 is 0. The van der Waals surface area contributed by atoms with Crippen LogP contribution in [0.5, 0.6) is 0 Å². The number of benzene rings is 1. The van der Waals surface area contributed by atoms with E-state index in [2.05, 4.69) is 17.2 Å². The van der Waals surface area contributed by atoms with Crippen molar-refractivity contribution in [3.63, 3.8) is 0 Å². The number of para-hydroxylation sites is 2. The molecule has 2 aromatic heterocycles. The minimum atomic E-state index is -0.390.